The van der Waals surface area contributed by atoms with Crippen LogP contribution >= 0.6 is 0 Å². The SMILES string of the molecule is CN1c2c(N3CCN(C4=CCN(C(=O)OC(C)(C)C)CC4(F)F)CC3)cccc2N(COCC[Si](C)(C)C)C1O. The third-order valence-electron chi connectivity index (χ3n) is 7.39. The van der Waals surface area contributed by atoms with Gasteiger partial charge in [0.05, 0.1) is 29.3 Å². The molecule has 1 unspecified atom stereocenters. The van der Waals surface area contributed by atoms with E-state index >= 15 is 8.78 Å². The van der Waals surface area contributed by atoms with Crippen LogP contribution in [0.15, 0.2) is 30.0 Å². The summed E-state index contributed by atoms with van der Waals surface area (Å²) >= 11 is 0. The number of hydrogen-bond donors (Lipinski definition) is 1. The Bertz CT molecular complexity index is 1100. The Morgan fingerprint density at radius 1 is 1.10 bits per heavy atom. The van der Waals surface area contributed by atoms with Crippen LogP contribution < -0.4 is 14.7 Å². The van der Waals surface area contributed by atoms with Gasteiger partial charge in [0.15, 0.2) is 0 Å². The number of rotatable bonds is 7. The lowest BCUT2D eigenvalue weighted by molar-refractivity contribution is -0.0402. The van der Waals surface area contributed by atoms with Gasteiger partial charge in [0, 0.05) is 54.5 Å². The molecule has 3 heterocycles. The number of aliphatic hydroxyl groups is 1. The average molecular weight is 582 g/mol. The minimum Gasteiger partial charge on any atom is -0.444 e. The van der Waals surface area contributed by atoms with Crippen molar-refractivity contribution in [1.29, 1.82) is 0 Å². The molecular formula is C28H45F2N5O4Si. The molecule has 9 nitrogen and oxygen atoms in total. The van der Waals surface area contributed by atoms with E-state index in [0.29, 0.717) is 39.5 Å². The number of fused-ring (bicyclic) bond motifs is 1. The number of alkyl halides is 2. The Balaban J connectivity index is 1.41. The molecule has 0 saturated carbocycles. The van der Waals surface area contributed by atoms with E-state index in [0.717, 1.165) is 28.0 Å². The molecule has 12 heteroatoms. The Kier molecular flexibility index (Phi) is 8.63. The second kappa shape index (κ2) is 11.4. The lowest BCUT2D eigenvalue weighted by Crippen LogP contribution is -2.54. The van der Waals surface area contributed by atoms with Gasteiger partial charge in [-0.15, -0.1) is 0 Å². The second-order valence-electron chi connectivity index (χ2n) is 13.0. The number of carbonyl (C=O) groups is 1. The van der Waals surface area contributed by atoms with E-state index in [2.05, 4.69) is 24.5 Å². The zero-order valence-corrected chi connectivity index (χ0v) is 25.9. The molecule has 4 rings (SSSR count). The number of anilines is 3. The van der Waals surface area contributed by atoms with Crippen molar-refractivity contribution in [2.45, 2.75) is 64.3 Å². The summed E-state index contributed by atoms with van der Waals surface area (Å²) in [6.45, 7) is 14.4. The summed E-state index contributed by atoms with van der Waals surface area (Å²) in [6.07, 6.45) is -0.122. The van der Waals surface area contributed by atoms with Crippen molar-refractivity contribution < 1.29 is 28.2 Å². The topological polar surface area (TPSA) is 72.0 Å². The first kappa shape index (κ1) is 30.4. The monoisotopic (exact) mass is 581 g/mol. The number of carbonyl (C=O) groups excluding carboxylic acids is 1. The number of aliphatic hydroxyl groups excluding tert-OH is 1. The van der Waals surface area contributed by atoms with E-state index in [-0.39, 0.29) is 12.2 Å². The molecule has 0 spiro atoms. The summed E-state index contributed by atoms with van der Waals surface area (Å²) in [7, 11) is 0.643. The van der Waals surface area contributed by atoms with Crippen LogP contribution in [0.1, 0.15) is 20.8 Å². The highest BCUT2D eigenvalue weighted by atomic mass is 28.3. The molecule has 1 atom stereocenters. The number of nitrogens with zero attached hydrogens (tertiary/aromatic N) is 5. The third-order valence-corrected chi connectivity index (χ3v) is 9.09. The largest absolute Gasteiger partial charge is 0.444 e. The maximum Gasteiger partial charge on any atom is 0.410 e. The first-order valence-electron chi connectivity index (χ1n) is 14.0. The zero-order valence-electron chi connectivity index (χ0n) is 24.9. The van der Waals surface area contributed by atoms with Crippen LogP contribution in [0, 0.1) is 0 Å². The van der Waals surface area contributed by atoms with E-state index in [9.17, 15) is 9.90 Å². The quantitative estimate of drug-likeness (QED) is 0.375. The van der Waals surface area contributed by atoms with Crippen molar-refractivity contribution in [3.63, 3.8) is 0 Å². The number of piperazine rings is 1. The number of halogens is 2. The first-order chi connectivity index (χ1) is 18.6. The highest BCUT2D eigenvalue weighted by Gasteiger charge is 2.45. The summed E-state index contributed by atoms with van der Waals surface area (Å²) in [6, 6.07) is 7.01. The molecule has 1 amide bonds. The molecule has 40 heavy (non-hydrogen) atoms. The van der Waals surface area contributed by atoms with Crippen LogP contribution in [0.4, 0.5) is 30.6 Å². The van der Waals surface area contributed by atoms with Gasteiger partial charge >= 0.3 is 12.0 Å². The van der Waals surface area contributed by atoms with Crippen molar-refractivity contribution in [1.82, 2.24) is 9.80 Å². The fourth-order valence-electron chi connectivity index (χ4n) is 5.24. The van der Waals surface area contributed by atoms with E-state index in [1.54, 1.807) is 25.7 Å². The number of hydrogen-bond acceptors (Lipinski definition) is 8. The number of ether oxygens (including phenoxy) is 2. The minimum atomic E-state index is -3.16. The van der Waals surface area contributed by atoms with Gasteiger partial charge in [0.25, 0.3) is 0 Å². The molecular weight excluding hydrogens is 536 g/mol. The van der Waals surface area contributed by atoms with E-state index in [1.165, 1.54) is 6.08 Å². The molecule has 0 aromatic heterocycles. The highest BCUT2D eigenvalue weighted by molar-refractivity contribution is 6.76. The second-order valence-corrected chi connectivity index (χ2v) is 18.7. The molecule has 224 valence electrons. The Morgan fingerprint density at radius 2 is 1.73 bits per heavy atom. The van der Waals surface area contributed by atoms with E-state index in [4.69, 9.17) is 9.47 Å². The Hall–Kier alpha value is -2.57. The summed E-state index contributed by atoms with van der Waals surface area (Å²) < 4.78 is 41.6. The van der Waals surface area contributed by atoms with Crippen LogP contribution in [0.3, 0.4) is 0 Å². The molecule has 0 radical (unpaired) electrons. The molecule has 1 fully saturated rings. The van der Waals surface area contributed by atoms with E-state index < -0.39 is 38.6 Å². The van der Waals surface area contributed by atoms with Gasteiger partial charge in [-0.25, -0.2) is 4.79 Å². The Morgan fingerprint density at radius 3 is 2.33 bits per heavy atom. The van der Waals surface area contributed by atoms with Crippen molar-refractivity contribution in [3.05, 3.63) is 30.0 Å². The Labute approximate surface area is 237 Å². The molecule has 3 aliphatic heterocycles. The van der Waals surface area contributed by atoms with Gasteiger partial charge in [-0.3, -0.25) is 4.90 Å². The summed E-state index contributed by atoms with van der Waals surface area (Å²) in [5.74, 6) is -3.16. The normalized spacial score (nSPS) is 21.5. The van der Waals surface area contributed by atoms with Gasteiger partial charge in [-0.1, -0.05) is 25.7 Å². The van der Waals surface area contributed by atoms with Gasteiger partial charge in [0.2, 0.25) is 6.35 Å². The number of para-hydroxylation sites is 1. The average Bonchev–Trinajstić information content (AvgIpc) is 3.09. The lowest BCUT2D eigenvalue weighted by atomic mass is 10.1. The van der Waals surface area contributed by atoms with Crippen LogP contribution in [-0.4, -0.2) is 107 Å². The zero-order chi connectivity index (χ0) is 29.5. The molecule has 1 N–H and O–H groups in total. The van der Waals surface area contributed by atoms with Gasteiger partial charge < -0.3 is 34.2 Å². The van der Waals surface area contributed by atoms with Crippen molar-refractivity contribution in [3.8, 4) is 0 Å². The molecule has 1 saturated heterocycles. The van der Waals surface area contributed by atoms with Crippen LogP contribution in [-0.2, 0) is 9.47 Å². The van der Waals surface area contributed by atoms with Crippen molar-refractivity contribution in [2.24, 2.45) is 0 Å². The van der Waals surface area contributed by atoms with Crippen LogP contribution in [0.2, 0.25) is 25.7 Å². The van der Waals surface area contributed by atoms with Crippen molar-refractivity contribution in [2.75, 3.05) is 74.4 Å². The number of benzene rings is 1. The summed E-state index contributed by atoms with van der Waals surface area (Å²) in [5.41, 5.74) is 1.99. The molecule has 0 bridgehead atoms. The minimum absolute atomic E-state index is 0.0283. The van der Waals surface area contributed by atoms with Crippen LogP contribution in [0.5, 0.6) is 0 Å². The summed E-state index contributed by atoms with van der Waals surface area (Å²) in [5, 5.41) is 11.0. The van der Waals surface area contributed by atoms with Crippen LogP contribution in [0.25, 0.3) is 0 Å². The molecule has 1 aromatic rings. The van der Waals surface area contributed by atoms with Crippen molar-refractivity contribution >= 4 is 31.2 Å². The maximum atomic E-state index is 15.2. The fourth-order valence-corrected chi connectivity index (χ4v) is 6.00. The fraction of sp³-hybridized carbons (Fsp3) is 0.679. The molecule has 0 aliphatic carbocycles. The molecule has 3 aliphatic rings. The predicted octanol–water partition coefficient (Wildman–Crippen LogP) is 4.42. The standard InChI is InChI=1S/C28H45F2N5O4Si/c1-27(2,3)39-26(37)34-12-11-23(28(29,30)19-34)33-15-13-32(14-16-33)21-9-8-10-22-24(21)31(4)25(36)35(22)20-38-17-18-40(5,6)7/h8-11,25,36H,12-20H2,1-7H3. The molecule has 1 aromatic carbocycles. The first-order valence-corrected chi connectivity index (χ1v) is 17.7. The highest BCUT2D eigenvalue weighted by Crippen LogP contribution is 2.45. The smallest absolute Gasteiger partial charge is 0.410 e. The third kappa shape index (κ3) is 6.83. The summed E-state index contributed by atoms with van der Waals surface area (Å²) in [4.78, 5) is 21.0. The van der Waals surface area contributed by atoms with Gasteiger partial charge in [0.1, 0.15) is 12.3 Å². The van der Waals surface area contributed by atoms with Gasteiger partial charge in [-0.2, -0.15) is 8.78 Å². The lowest BCUT2D eigenvalue weighted by Gasteiger charge is -2.43. The number of amides is 1. The van der Waals surface area contributed by atoms with Gasteiger partial charge in [-0.05, 0) is 45.0 Å². The predicted molar refractivity (Wildman–Crippen MR) is 157 cm³/mol. The maximum absolute atomic E-state index is 15.2. The van der Waals surface area contributed by atoms with E-state index in [1.807, 2.05) is 35.0 Å².